The maximum absolute atomic E-state index is 5.14. The van der Waals surface area contributed by atoms with Crippen molar-refractivity contribution in [2.75, 3.05) is 11.2 Å². The van der Waals surface area contributed by atoms with Gasteiger partial charge in [-0.3, -0.25) is 0 Å². The number of rotatable bonds is 2. The Kier molecular flexibility index (Phi) is 4.62. The van der Waals surface area contributed by atoms with E-state index in [9.17, 15) is 0 Å². The number of nitrogens with zero attached hydrogens (tertiary/aromatic N) is 3. The minimum Gasteiger partial charge on any atom is -0.307 e. The van der Waals surface area contributed by atoms with Gasteiger partial charge in [0.2, 0.25) is 0 Å². The lowest BCUT2D eigenvalue weighted by atomic mass is 9.94. The van der Waals surface area contributed by atoms with Crippen molar-refractivity contribution in [2.45, 2.75) is 45.1 Å². The van der Waals surface area contributed by atoms with Crippen molar-refractivity contribution < 1.29 is 0 Å². The van der Waals surface area contributed by atoms with Crippen LogP contribution < -0.4 is 4.90 Å². The fraction of sp³-hybridized carbons (Fsp3) is 0.364. The zero-order chi connectivity index (χ0) is 18.1. The molecule has 1 heterocycles. The molecule has 0 radical (unpaired) electrons. The highest BCUT2D eigenvalue weighted by Crippen LogP contribution is 2.45. The van der Waals surface area contributed by atoms with Crippen LogP contribution in [0.2, 0.25) is 0 Å². The summed E-state index contributed by atoms with van der Waals surface area (Å²) in [5.41, 5.74) is 4.62. The number of thioether (sulfide) groups is 1. The van der Waals surface area contributed by atoms with Crippen LogP contribution >= 0.6 is 11.8 Å². The molecule has 134 valence electrons. The number of benzene rings is 2. The number of aryl methyl sites for hydroxylation is 2. The fourth-order valence-corrected chi connectivity index (χ4v) is 4.86. The first kappa shape index (κ1) is 17.3. The van der Waals surface area contributed by atoms with Crippen LogP contribution in [-0.4, -0.2) is 22.8 Å². The molecule has 0 N–H and O–H groups in total. The summed E-state index contributed by atoms with van der Waals surface area (Å²) in [6.07, 6.45) is 6.79. The van der Waals surface area contributed by atoms with Crippen molar-refractivity contribution >= 4 is 34.1 Å². The van der Waals surface area contributed by atoms with E-state index in [4.69, 9.17) is 9.98 Å². The molecular formula is C22H25N3S. The van der Waals surface area contributed by atoms with Crippen molar-refractivity contribution in [3.05, 3.63) is 59.7 Å². The van der Waals surface area contributed by atoms with Crippen molar-refractivity contribution in [1.82, 2.24) is 0 Å². The molecule has 1 aliphatic heterocycles. The van der Waals surface area contributed by atoms with Gasteiger partial charge in [-0.15, -0.1) is 0 Å². The summed E-state index contributed by atoms with van der Waals surface area (Å²) in [6, 6.07) is 17.0. The number of para-hydroxylation sites is 2. The molecule has 1 aliphatic carbocycles. The Labute approximate surface area is 160 Å². The van der Waals surface area contributed by atoms with Gasteiger partial charge < -0.3 is 4.90 Å². The number of anilines is 1. The molecule has 0 unspecified atom stereocenters. The maximum Gasteiger partial charge on any atom is 0.170 e. The van der Waals surface area contributed by atoms with Gasteiger partial charge in [0, 0.05) is 5.69 Å². The number of aliphatic imine (C=N–C) groups is 2. The second kappa shape index (κ2) is 6.92. The molecule has 1 saturated carbocycles. The molecule has 4 rings (SSSR count). The summed E-state index contributed by atoms with van der Waals surface area (Å²) in [7, 11) is 0. The summed E-state index contributed by atoms with van der Waals surface area (Å²) >= 11 is 1.71. The van der Waals surface area contributed by atoms with Gasteiger partial charge in [-0.2, -0.15) is 0 Å². The SMILES string of the molecule is CSC1=NC(=Nc2c(C)cccc2C)C2(CCCC2)N1c1ccccc1. The minimum absolute atomic E-state index is 0.103. The predicted molar refractivity (Wildman–Crippen MR) is 114 cm³/mol. The molecule has 0 bridgehead atoms. The van der Waals surface area contributed by atoms with Gasteiger partial charge in [0.05, 0.1) is 5.69 Å². The third-order valence-electron chi connectivity index (χ3n) is 5.52. The Morgan fingerprint density at radius 3 is 2.23 bits per heavy atom. The van der Waals surface area contributed by atoms with Crippen molar-refractivity contribution in [3.8, 4) is 0 Å². The molecule has 2 aliphatic rings. The van der Waals surface area contributed by atoms with E-state index in [0.29, 0.717) is 0 Å². The smallest absolute Gasteiger partial charge is 0.170 e. The standard InChI is InChI=1S/C22H25N3S/c1-16-10-9-11-17(2)19(16)23-20-22(14-7-8-15-22)25(21(24-20)26-3)18-12-5-4-6-13-18/h4-6,9-13H,7-8,14-15H2,1-3H3. The monoisotopic (exact) mass is 363 g/mol. The van der Waals surface area contributed by atoms with Crippen molar-refractivity contribution in [1.29, 1.82) is 0 Å². The van der Waals surface area contributed by atoms with Gasteiger partial charge >= 0.3 is 0 Å². The van der Waals surface area contributed by atoms with E-state index in [2.05, 4.69) is 73.5 Å². The molecule has 0 amide bonds. The first-order chi connectivity index (χ1) is 12.7. The summed E-state index contributed by atoms with van der Waals surface area (Å²) in [6.45, 7) is 4.27. The molecule has 1 spiro atoms. The Hall–Kier alpha value is -2.07. The van der Waals surface area contributed by atoms with Crippen LogP contribution in [-0.2, 0) is 0 Å². The van der Waals surface area contributed by atoms with Crippen LogP contribution in [0, 0.1) is 13.8 Å². The fourth-order valence-electron chi connectivity index (χ4n) is 4.22. The molecule has 0 aromatic heterocycles. The van der Waals surface area contributed by atoms with E-state index in [1.807, 2.05) is 0 Å². The zero-order valence-corrected chi connectivity index (χ0v) is 16.5. The largest absolute Gasteiger partial charge is 0.307 e. The molecule has 26 heavy (non-hydrogen) atoms. The van der Waals surface area contributed by atoms with Crippen molar-refractivity contribution in [3.63, 3.8) is 0 Å². The van der Waals surface area contributed by atoms with E-state index in [1.54, 1.807) is 11.8 Å². The molecule has 3 nitrogen and oxygen atoms in total. The summed E-state index contributed by atoms with van der Waals surface area (Å²) in [4.78, 5) is 12.6. The van der Waals surface area contributed by atoms with Crippen LogP contribution in [0.15, 0.2) is 58.5 Å². The van der Waals surface area contributed by atoms with E-state index < -0.39 is 0 Å². The Morgan fingerprint density at radius 2 is 1.62 bits per heavy atom. The number of amidine groups is 2. The van der Waals surface area contributed by atoms with Gasteiger partial charge in [-0.1, -0.05) is 61.0 Å². The van der Waals surface area contributed by atoms with Crippen LogP contribution in [0.25, 0.3) is 0 Å². The Morgan fingerprint density at radius 1 is 0.962 bits per heavy atom. The first-order valence-electron chi connectivity index (χ1n) is 9.29. The summed E-state index contributed by atoms with van der Waals surface area (Å²) < 4.78 is 0. The highest BCUT2D eigenvalue weighted by molar-refractivity contribution is 8.13. The lowest BCUT2D eigenvalue weighted by molar-refractivity contribution is 0.592. The van der Waals surface area contributed by atoms with Gasteiger partial charge in [0.15, 0.2) is 11.0 Å². The number of hydrogen-bond donors (Lipinski definition) is 0. The minimum atomic E-state index is -0.103. The second-order valence-corrected chi connectivity index (χ2v) is 7.96. The molecular weight excluding hydrogens is 338 g/mol. The molecule has 0 saturated heterocycles. The average Bonchev–Trinajstić information content (AvgIpc) is 3.25. The highest BCUT2D eigenvalue weighted by atomic mass is 32.2. The summed E-state index contributed by atoms with van der Waals surface area (Å²) in [5.74, 6) is 0.987. The Balaban J connectivity index is 1.87. The van der Waals surface area contributed by atoms with E-state index in [-0.39, 0.29) is 5.54 Å². The lowest BCUT2D eigenvalue weighted by Crippen LogP contribution is -2.49. The molecule has 0 atom stereocenters. The molecule has 4 heteroatoms. The topological polar surface area (TPSA) is 28.0 Å². The quantitative estimate of drug-likeness (QED) is 0.666. The third-order valence-corrected chi connectivity index (χ3v) is 6.16. The van der Waals surface area contributed by atoms with E-state index in [1.165, 1.54) is 29.7 Å². The van der Waals surface area contributed by atoms with E-state index in [0.717, 1.165) is 29.5 Å². The lowest BCUT2D eigenvalue weighted by Gasteiger charge is -2.36. The second-order valence-electron chi connectivity index (χ2n) is 7.18. The molecule has 2 aromatic rings. The third kappa shape index (κ3) is 2.77. The Bertz CT molecular complexity index is 844. The van der Waals surface area contributed by atoms with Crippen LogP contribution in [0.5, 0.6) is 0 Å². The molecule has 2 aromatic carbocycles. The predicted octanol–water partition coefficient (Wildman–Crippen LogP) is 5.89. The highest BCUT2D eigenvalue weighted by Gasteiger charge is 2.50. The van der Waals surface area contributed by atoms with Gasteiger partial charge in [0.1, 0.15) is 5.54 Å². The van der Waals surface area contributed by atoms with Crippen LogP contribution in [0.1, 0.15) is 36.8 Å². The van der Waals surface area contributed by atoms with Gasteiger partial charge in [-0.25, -0.2) is 9.98 Å². The average molecular weight is 364 g/mol. The zero-order valence-electron chi connectivity index (χ0n) is 15.7. The van der Waals surface area contributed by atoms with Crippen LogP contribution in [0.4, 0.5) is 11.4 Å². The maximum atomic E-state index is 5.14. The van der Waals surface area contributed by atoms with Gasteiger partial charge in [-0.05, 0) is 56.2 Å². The number of hydrogen-bond acceptors (Lipinski definition) is 3. The van der Waals surface area contributed by atoms with E-state index >= 15 is 0 Å². The van der Waals surface area contributed by atoms with Crippen molar-refractivity contribution in [2.24, 2.45) is 9.98 Å². The van der Waals surface area contributed by atoms with Crippen LogP contribution in [0.3, 0.4) is 0 Å². The van der Waals surface area contributed by atoms with Gasteiger partial charge in [0.25, 0.3) is 0 Å². The normalized spacial score (nSPS) is 20.2. The molecule has 1 fully saturated rings. The summed E-state index contributed by atoms with van der Waals surface area (Å²) in [5, 5.41) is 1.06. The first-order valence-corrected chi connectivity index (χ1v) is 10.5.